The Morgan fingerprint density at radius 3 is 2.40 bits per heavy atom. The van der Waals surface area contributed by atoms with Gasteiger partial charge < -0.3 is 9.47 Å². The SMILES string of the molecule is COCCOC=C1CC(C)(C)C(C)=C1C. The van der Waals surface area contributed by atoms with Gasteiger partial charge >= 0.3 is 0 Å². The number of hydrogen-bond acceptors (Lipinski definition) is 2. The Labute approximate surface area is 93.0 Å². The van der Waals surface area contributed by atoms with Gasteiger partial charge in [-0.2, -0.15) is 0 Å². The van der Waals surface area contributed by atoms with Crippen LogP contribution in [-0.4, -0.2) is 20.3 Å². The third-order valence-corrected chi connectivity index (χ3v) is 3.32. The van der Waals surface area contributed by atoms with Gasteiger partial charge in [0.15, 0.2) is 0 Å². The molecule has 1 aliphatic carbocycles. The van der Waals surface area contributed by atoms with E-state index in [-0.39, 0.29) is 0 Å². The highest BCUT2D eigenvalue weighted by molar-refractivity contribution is 5.42. The van der Waals surface area contributed by atoms with Crippen LogP contribution in [0.2, 0.25) is 0 Å². The van der Waals surface area contributed by atoms with Gasteiger partial charge in [0.1, 0.15) is 6.61 Å². The summed E-state index contributed by atoms with van der Waals surface area (Å²) in [6.45, 7) is 10.2. The monoisotopic (exact) mass is 210 g/mol. The summed E-state index contributed by atoms with van der Waals surface area (Å²) in [5, 5.41) is 0. The molecule has 86 valence electrons. The minimum atomic E-state index is 0.292. The van der Waals surface area contributed by atoms with Gasteiger partial charge in [-0.25, -0.2) is 0 Å². The minimum Gasteiger partial charge on any atom is -0.498 e. The fourth-order valence-electron chi connectivity index (χ4n) is 1.91. The molecule has 0 amide bonds. The van der Waals surface area contributed by atoms with Crippen molar-refractivity contribution in [3.05, 3.63) is 23.0 Å². The average Bonchev–Trinajstić information content (AvgIpc) is 2.37. The van der Waals surface area contributed by atoms with Crippen LogP contribution in [0.15, 0.2) is 23.0 Å². The lowest BCUT2D eigenvalue weighted by Crippen LogP contribution is -2.07. The second-order valence-corrected chi connectivity index (χ2v) is 4.82. The van der Waals surface area contributed by atoms with E-state index < -0.39 is 0 Å². The second-order valence-electron chi connectivity index (χ2n) is 4.82. The number of rotatable bonds is 4. The lowest BCUT2D eigenvalue weighted by Gasteiger charge is -2.18. The molecule has 0 heterocycles. The maximum atomic E-state index is 5.45. The molecular formula is C13H22O2. The van der Waals surface area contributed by atoms with E-state index in [9.17, 15) is 0 Å². The number of hydrogen-bond donors (Lipinski definition) is 0. The van der Waals surface area contributed by atoms with E-state index in [2.05, 4.69) is 27.7 Å². The first-order valence-electron chi connectivity index (χ1n) is 5.47. The predicted octanol–water partition coefficient (Wildman–Crippen LogP) is 3.30. The number of ether oxygens (including phenoxy) is 2. The summed E-state index contributed by atoms with van der Waals surface area (Å²) >= 11 is 0. The Balaban J connectivity index is 2.60. The molecule has 0 aromatic carbocycles. The van der Waals surface area contributed by atoms with Crippen LogP contribution in [0.1, 0.15) is 34.1 Å². The molecule has 1 aliphatic rings. The Morgan fingerprint density at radius 2 is 1.93 bits per heavy atom. The Bertz CT molecular complexity index is 285. The van der Waals surface area contributed by atoms with Crippen LogP contribution < -0.4 is 0 Å². The van der Waals surface area contributed by atoms with Crippen molar-refractivity contribution in [2.45, 2.75) is 34.1 Å². The summed E-state index contributed by atoms with van der Waals surface area (Å²) in [5.74, 6) is 0. The topological polar surface area (TPSA) is 18.5 Å². The zero-order valence-electron chi connectivity index (χ0n) is 10.5. The molecule has 0 aromatic rings. The Morgan fingerprint density at radius 1 is 1.27 bits per heavy atom. The molecule has 0 aromatic heterocycles. The highest BCUT2D eigenvalue weighted by Gasteiger charge is 2.30. The smallest absolute Gasteiger partial charge is 0.111 e. The Hall–Kier alpha value is -0.760. The first-order chi connectivity index (χ1) is 6.99. The van der Waals surface area contributed by atoms with Gasteiger partial charge in [-0.15, -0.1) is 0 Å². The largest absolute Gasteiger partial charge is 0.498 e. The molecule has 15 heavy (non-hydrogen) atoms. The van der Waals surface area contributed by atoms with Gasteiger partial charge in [-0.3, -0.25) is 0 Å². The molecule has 0 atom stereocenters. The quantitative estimate of drug-likeness (QED) is 0.523. The van der Waals surface area contributed by atoms with E-state index in [4.69, 9.17) is 9.47 Å². The van der Waals surface area contributed by atoms with Crippen molar-refractivity contribution >= 4 is 0 Å². The van der Waals surface area contributed by atoms with Gasteiger partial charge in [0.2, 0.25) is 0 Å². The molecule has 1 rings (SSSR count). The van der Waals surface area contributed by atoms with Gasteiger partial charge in [0.05, 0.1) is 12.9 Å². The molecule has 0 fully saturated rings. The van der Waals surface area contributed by atoms with Crippen LogP contribution in [0.3, 0.4) is 0 Å². The van der Waals surface area contributed by atoms with E-state index in [1.54, 1.807) is 7.11 Å². The zero-order chi connectivity index (χ0) is 11.5. The number of allylic oxidation sites excluding steroid dienone is 3. The second kappa shape index (κ2) is 4.84. The van der Waals surface area contributed by atoms with E-state index in [0.29, 0.717) is 18.6 Å². The highest BCUT2D eigenvalue weighted by atomic mass is 16.5. The molecule has 0 saturated carbocycles. The molecule has 0 N–H and O–H groups in total. The van der Waals surface area contributed by atoms with Crippen molar-refractivity contribution in [2.75, 3.05) is 20.3 Å². The van der Waals surface area contributed by atoms with Crippen molar-refractivity contribution in [1.82, 2.24) is 0 Å². The number of methoxy groups -OCH3 is 1. The average molecular weight is 210 g/mol. The standard InChI is InChI=1S/C13H22O2/c1-10-11(2)13(3,4)8-12(10)9-15-7-6-14-5/h9H,6-8H2,1-5H3. The summed E-state index contributed by atoms with van der Waals surface area (Å²) in [6, 6.07) is 0. The van der Waals surface area contributed by atoms with Crippen LogP contribution in [0, 0.1) is 5.41 Å². The van der Waals surface area contributed by atoms with E-state index in [0.717, 1.165) is 6.42 Å². The molecule has 0 spiro atoms. The lowest BCUT2D eigenvalue weighted by atomic mass is 9.86. The third kappa shape index (κ3) is 2.85. The summed E-state index contributed by atoms with van der Waals surface area (Å²) in [5.41, 5.74) is 4.48. The molecule has 2 heteroatoms. The van der Waals surface area contributed by atoms with Crippen molar-refractivity contribution in [2.24, 2.45) is 5.41 Å². The minimum absolute atomic E-state index is 0.292. The van der Waals surface area contributed by atoms with E-state index in [1.807, 2.05) is 6.26 Å². The fraction of sp³-hybridized carbons (Fsp3) is 0.692. The maximum Gasteiger partial charge on any atom is 0.111 e. The molecule has 0 saturated heterocycles. The van der Waals surface area contributed by atoms with Gasteiger partial charge in [0, 0.05) is 7.11 Å². The van der Waals surface area contributed by atoms with Crippen LogP contribution in [0.5, 0.6) is 0 Å². The Kier molecular flexibility index (Phi) is 3.97. The van der Waals surface area contributed by atoms with Gasteiger partial charge in [-0.05, 0) is 36.8 Å². The zero-order valence-corrected chi connectivity index (χ0v) is 10.5. The van der Waals surface area contributed by atoms with Crippen molar-refractivity contribution in [1.29, 1.82) is 0 Å². The van der Waals surface area contributed by atoms with Crippen LogP contribution in [0.4, 0.5) is 0 Å². The summed E-state index contributed by atoms with van der Waals surface area (Å²) in [7, 11) is 1.69. The summed E-state index contributed by atoms with van der Waals surface area (Å²) in [4.78, 5) is 0. The van der Waals surface area contributed by atoms with Crippen LogP contribution in [-0.2, 0) is 9.47 Å². The van der Waals surface area contributed by atoms with Crippen molar-refractivity contribution in [3.63, 3.8) is 0 Å². The first kappa shape index (κ1) is 12.3. The van der Waals surface area contributed by atoms with E-state index >= 15 is 0 Å². The third-order valence-electron chi connectivity index (χ3n) is 3.32. The molecule has 0 radical (unpaired) electrons. The molecule has 0 unspecified atom stereocenters. The molecule has 2 nitrogen and oxygen atoms in total. The van der Waals surface area contributed by atoms with Gasteiger partial charge in [0.25, 0.3) is 0 Å². The molecule has 0 bridgehead atoms. The molecule has 0 aliphatic heterocycles. The lowest BCUT2D eigenvalue weighted by molar-refractivity contribution is 0.122. The van der Waals surface area contributed by atoms with Crippen molar-refractivity contribution in [3.8, 4) is 0 Å². The van der Waals surface area contributed by atoms with Crippen LogP contribution in [0.25, 0.3) is 0 Å². The van der Waals surface area contributed by atoms with E-state index in [1.165, 1.54) is 16.7 Å². The van der Waals surface area contributed by atoms with Crippen LogP contribution >= 0.6 is 0 Å². The van der Waals surface area contributed by atoms with Crippen molar-refractivity contribution < 1.29 is 9.47 Å². The summed E-state index contributed by atoms with van der Waals surface area (Å²) < 4.78 is 10.4. The predicted molar refractivity (Wildman–Crippen MR) is 62.7 cm³/mol. The summed E-state index contributed by atoms with van der Waals surface area (Å²) in [6.07, 6.45) is 2.98. The van der Waals surface area contributed by atoms with Gasteiger partial charge in [-0.1, -0.05) is 19.4 Å². The first-order valence-corrected chi connectivity index (χ1v) is 5.47. The normalized spacial score (nSPS) is 22.6. The maximum absolute atomic E-state index is 5.45. The molecular weight excluding hydrogens is 188 g/mol. The highest BCUT2D eigenvalue weighted by Crippen LogP contribution is 2.44. The fourth-order valence-corrected chi connectivity index (χ4v) is 1.91.